The van der Waals surface area contributed by atoms with Crippen molar-refractivity contribution in [1.29, 1.82) is 0 Å². The average Bonchev–Trinajstić information content (AvgIpc) is 3.54. The number of aldehydes is 1. The van der Waals surface area contributed by atoms with Gasteiger partial charge in [-0.25, -0.2) is 24.6 Å². The minimum atomic E-state index is 0.216. The van der Waals surface area contributed by atoms with E-state index in [1.165, 1.54) is 6.33 Å². The molecular formula is C21H26N6O3Si. The molecule has 9 nitrogen and oxygen atoms in total. The Morgan fingerprint density at radius 2 is 2.06 bits per heavy atom. The minimum absolute atomic E-state index is 0.216. The van der Waals surface area contributed by atoms with Crippen LogP contribution in [0.5, 0.6) is 5.88 Å². The second-order valence-corrected chi connectivity index (χ2v) is 10.9. The highest BCUT2D eigenvalue weighted by Crippen LogP contribution is 2.44. The highest BCUT2D eigenvalue weighted by Gasteiger charge is 2.31. The van der Waals surface area contributed by atoms with Crippen LogP contribution >= 0.6 is 0 Å². The Kier molecular flexibility index (Phi) is 6.10. The zero-order chi connectivity index (χ0) is 22.0. The van der Waals surface area contributed by atoms with Crippen LogP contribution in [-0.2, 0) is 11.5 Å². The van der Waals surface area contributed by atoms with Crippen molar-refractivity contribution in [3.63, 3.8) is 0 Å². The molecule has 0 atom stereocenters. The van der Waals surface area contributed by atoms with E-state index in [0.29, 0.717) is 57.8 Å². The molecule has 1 aliphatic rings. The summed E-state index contributed by atoms with van der Waals surface area (Å²) in [5.74, 6) is 1.27. The van der Waals surface area contributed by atoms with E-state index >= 15 is 0 Å². The van der Waals surface area contributed by atoms with Crippen LogP contribution in [0.15, 0.2) is 12.5 Å². The third-order valence-electron chi connectivity index (χ3n) is 4.97. The van der Waals surface area contributed by atoms with Crippen LogP contribution in [0.2, 0.25) is 11.1 Å². The normalized spacial score (nSPS) is 14.2. The molecule has 0 spiro atoms. The fraction of sp³-hybridized carbons (Fsp3) is 0.524. The molecule has 31 heavy (non-hydrogen) atoms. The van der Waals surface area contributed by atoms with Gasteiger partial charge < -0.3 is 9.47 Å². The van der Waals surface area contributed by atoms with Gasteiger partial charge in [-0.05, 0) is 23.9 Å². The van der Waals surface area contributed by atoms with Crippen molar-refractivity contribution in [2.75, 3.05) is 13.7 Å². The quantitative estimate of drug-likeness (QED) is 0.285. The van der Waals surface area contributed by atoms with Crippen LogP contribution in [0.1, 0.15) is 55.7 Å². The van der Waals surface area contributed by atoms with Gasteiger partial charge in [0.1, 0.15) is 24.3 Å². The van der Waals surface area contributed by atoms with Gasteiger partial charge in [0.05, 0.1) is 18.2 Å². The first-order valence-corrected chi connectivity index (χ1v) is 11.5. The number of rotatable bonds is 9. The van der Waals surface area contributed by atoms with Gasteiger partial charge in [0.2, 0.25) is 5.88 Å². The Labute approximate surface area is 183 Å². The lowest BCUT2D eigenvalue weighted by Crippen LogP contribution is -2.12. The first-order chi connectivity index (χ1) is 14.9. The molecule has 0 unspecified atom stereocenters. The standard InChI is InChI=1S/C21H26N6O3Si/c1-21(2,3)31-8-7-30-12-27-19-14(15(10-28)26-27)9-22-18(25-19)16-17(13-5-6-13)23-11-24-20(16)29-4/h9-11,13H,5-8,12H2,1-4H3. The number of ether oxygens (including phenoxy) is 2. The van der Waals surface area contributed by atoms with Gasteiger partial charge in [-0.2, -0.15) is 5.10 Å². The van der Waals surface area contributed by atoms with E-state index in [-0.39, 0.29) is 6.73 Å². The summed E-state index contributed by atoms with van der Waals surface area (Å²) in [6.07, 6.45) is 5.99. The minimum Gasteiger partial charge on any atom is -0.480 e. The van der Waals surface area contributed by atoms with Crippen molar-refractivity contribution < 1.29 is 14.3 Å². The molecule has 0 aromatic carbocycles. The molecule has 1 fully saturated rings. The Balaban J connectivity index is 1.65. The van der Waals surface area contributed by atoms with Crippen LogP contribution in [0.4, 0.5) is 0 Å². The maximum Gasteiger partial charge on any atom is 0.227 e. The fourth-order valence-corrected chi connectivity index (χ4v) is 4.34. The number of fused-ring (bicyclic) bond motifs is 1. The van der Waals surface area contributed by atoms with Crippen molar-refractivity contribution in [2.24, 2.45) is 0 Å². The first kappa shape index (κ1) is 21.5. The molecule has 1 aliphatic carbocycles. The molecule has 3 heterocycles. The molecule has 3 aromatic heterocycles. The topological polar surface area (TPSA) is 105 Å². The molecule has 0 saturated heterocycles. The summed E-state index contributed by atoms with van der Waals surface area (Å²) in [5.41, 5.74) is 2.42. The van der Waals surface area contributed by atoms with Crippen molar-refractivity contribution >= 4 is 26.8 Å². The molecular weight excluding hydrogens is 412 g/mol. The van der Waals surface area contributed by atoms with Crippen LogP contribution in [-0.4, -0.2) is 59.2 Å². The Morgan fingerprint density at radius 3 is 2.74 bits per heavy atom. The van der Waals surface area contributed by atoms with Gasteiger partial charge in [-0.15, -0.1) is 0 Å². The highest BCUT2D eigenvalue weighted by atomic mass is 28.2. The number of carbonyl (C=O) groups is 1. The monoisotopic (exact) mass is 438 g/mol. The molecule has 0 amide bonds. The second-order valence-electron chi connectivity index (χ2n) is 8.57. The number of nitrogens with zero attached hydrogens (tertiary/aromatic N) is 6. The fourth-order valence-electron chi connectivity index (χ4n) is 3.34. The Bertz CT molecular complexity index is 1090. The summed E-state index contributed by atoms with van der Waals surface area (Å²) in [7, 11) is 2.38. The van der Waals surface area contributed by atoms with Crippen molar-refractivity contribution in [3.05, 3.63) is 23.9 Å². The van der Waals surface area contributed by atoms with Gasteiger partial charge in [-0.3, -0.25) is 4.79 Å². The molecule has 0 bridgehead atoms. The van der Waals surface area contributed by atoms with Gasteiger partial charge in [-0.1, -0.05) is 20.8 Å². The summed E-state index contributed by atoms with van der Waals surface area (Å²) < 4.78 is 12.9. The second kappa shape index (κ2) is 8.79. The van der Waals surface area contributed by atoms with Crippen molar-refractivity contribution in [2.45, 2.75) is 57.3 Å². The average molecular weight is 439 g/mol. The smallest absolute Gasteiger partial charge is 0.227 e. The van der Waals surface area contributed by atoms with Gasteiger partial charge in [0.15, 0.2) is 17.8 Å². The number of hydrogen-bond donors (Lipinski definition) is 0. The zero-order valence-electron chi connectivity index (χ0n) is 18.3. The van der Waals surface area contributed by atoms with Gasteiger partial charge >= 0.3 is 0 Å². The molecule has 0 aliphatic heterocycles. The number of aromatic nitrogens is 6. The predicted octanol–water partition coefficient (Wildman–Crippen LogP) is 3.30. The van der Waals surface area contributed by atoms with E-state index in [9.17, 15) is 4.79 Å². The van der Waals surface area contributed by atoms with Crippen LogP contribution in [0.25, 0.3) is 22.4 Å². The largest absolute Gasteiger partial charge is 0.480 e. The van der Waals surface area contributed by atoms with Crippen molar-refractivity contribution in [1.82, 2.24) is 29.7 Å². The van der Waals surface area contributed by atoms with Crippen LogP contribution in [0.3, 0.4) is 0 Å². The number of carbonyl (C=O) groups excluding carboxylic acids is 1. The molecule has 0 N–H and O–H groups in total. The molecule has 3 aromatic rings. The first-order valence-electron chi connectivity index (χ1n) is 10.3. The SMILES string of the molecule is COc1ncnc(C2CC2)c1-c1ncc2c(C=O)nn(COCC[Si]C(C)(C)C)c2n1. The Hall–Kier alpha value is -2.72. The lowest BCUT2D eigenvalue weighted by atomic mass is 10.1. The van der Waals surface area contributed by atoms with Gasteiger partial charge in [0, 0.05) is 28.2 Å². The molecule has 4 rings (SSSR count). The van der Waals surface area contributed by atoms with Crippen LogP contribution in [0, 0.1) is 0 Å². The van der Waals surface area contributed by atoms with E-state index in [1.54, 1.807) is 18.0 Å². The van der Waals surface area contributed by atoms with E-state index in [0.717, 1.165) is 34.1 Å². The van der Waals surface area contributed by atoms with Crippen LogP contribution < -0.4 is 4.74 Å². The predicted molar refractivity (Wildman–Crippen MR) is 116 cm³/mol. The third kappa shape index (κ3) is 4.80. The molecule has 10 heteroatoms. The van der Waals surface area contributed by atoms with Crippen molar-refractivity contribution in [3.8, 4) is 17.3 Å². The lowest BCUT2D eigenvalue weighted by molar-refractivity contribution is 0.0812. The Morgan fingerprint density at radius 1 is 1.26 bits per heavy atom. The van der Waals surface area contributed by atoms with E-state index in [4.69, 9.17) is 14.5 Å². The molecule has 1 saturated carbocycles. The van der Waals surface area contributed by atoms with E-state index < -0.39 is 0 Å². The summed E-state index contributed by atoms with van der Waals surface area (Å²) >= 11 is 0. The summed E-state index contributed by atoms with van der Waals surface area (Å²) in [6.45, 7) is 7.50. The summed E-state index contributed by atoms with van der Waals surface area (Å²) in [6, 6.07) is 0.979. The zero-order valence-corrected chi connectivity index (χ0v) is 19.3. The maximum atomic E-state index is 11.5. The molecule has 162 valence electrons. The highest BCUT2D eigenvalue weighted by molar-refractivity contribution is 6.39. The third-order valence-corrected chi connectivity index (χ3v) is 6.48. The summed E-state index contributed by atoms with van der Waals surface area (Å²) in [4.78, 5) is 29.4. The van der Waals surface area contributed by atoms with E-state index in [1.807, 2.05) is 0 Å². The number of hydrogen-bond acceptors (Lipinski definition) is 8. The lowest BCUT2D eigenvalue weighted by Gasteiger charge is -2.16. The summed E-state index contributed by atoms with van der Waals surface area (Å²) in [5, 5.41) is 5.24. The van der Waals surface area contributed by atoms with Gasteiger partial charge in [0.25, 0.3) is 0 Å². The molecule has 2 radical (unpaired) electrons. The van der Waals surface area contributed by atoms with E-state index in [2.05, 4.69) is 40.8 Å². The number of methoxy groups -OCH3 is 1. The maximum absolute atomic E-state index is 11.5.